The van der Waals surface area contributed by atoms with Crippen LogP contribution in [0.2, 0.25) is 0 Å². The first-order chi connectivity index (χ1) is 7.02. The Bertz CT molecular complexity index is 239. The number of hydrogen-bond donors (Lipinski definition) is 2. The Morgan fingerprint density at radius 1 is 1.33 bits per heavy atom. The van der Waals surface area contributed by atoms with Gasteiger partial charge in [0.2, 0.25) is 0 Å². The van der Waals surface area contributed by atoms with Gasteiger partial charge >= 0.3 is 0 Å². The van der Waals surface area contributed by atoms with Gasteiger partial charge in [-0.1, -0.05) is 6.92 Å². The summed E-state index contributed by atoms with van der Waals surface area (Å²) in [5.74, 6) is 0.496. The number of nitrogens with one attached hydrogen (secondary N) is 1. The van der Waals surface area contributed by atoms with Crippen molar-refractivity contribution in [2.45, 2.75) is 39.2 Å². The average Bonchev–Trinajstić information content (AvgIpc) is 2.21. The zero-order chi connectivity index (χ0) is 11.7. The zero-order valence-corrected chi connectivity index (χ0v) is 10.5. The van der Waals surface area contributed by atoms with Gasteiger partial charge in [-0.2, -0.15) is 0 Å². The molecule has 1 unspecified atom stereocenters. The molecule has 4 nitrogen and oxygen atoms in total. The van der Waals surface area contributed by atoms with Crippen molar-refractivity contribution in [3.8, 4) is 0 Å². The molecule has 0 radical (unpaired) electrons. The topological polar surface area (TPSA) is 66.4 Å². The fourth-order valence-electron chi connectivity index (χ4n) is 1.28. The Labute approximate surface area is 93.0 Å². The zero-order valence-electron chi connectivity index (χ0n) is 9.70. The Kier molecular flexibility index (Phi) is 8.00. The van der Waals surface area contributed by atoms with Crippen molar-refractivity contribution >= 4 is 9.84 Å². The number of aliphatic hydroxyl groups excluding tert-OH is 1. The standard InChI is InChI=1S/C10H23NO3S/c1-3-15(13,14)9-5-7-11-10(2)6-4-8-12/h10-12H,3-9H2,1-2H3. The highest BCUT2D eigenvalue weighted by molar-refractivity contribution is 7.91. The van der Waals surface area contributed by atoms with Crippen molar-refractivity contribution in [1.29, 1.82) is 0 Å². The van der Waals surface area contributed by atoms with Crippen LogP contribution < -0.4 is 5.32 Å². The molecule has 0 heterocycles. The third kappa shape index (κ3) is 8.84. The SMILES string of the molecule is CCS(=O)(=O)CCCNC(C)CCCO. The fourth-order valence-corrected chi connectivity index (χ4v) is 2.16. The summed E-state index contributed by atoms with van der Waals surface area (Å²) in [6.45, 7) is 4.67. The molecular weight excluding hydrogens is 214 g/mol. The maximum absolute atomic E-state index is 11.2. The molecule has 1 atom stereocenters. The molecule has 0 saturated heterocycles. The second kappa shape index (κ2) is 8.07. The minimum Gasteiger partial charge on any atom is -0.396 e. The molecule has 0 aromatic carbocycles. The van der Waals surface area contributed by atoms with Gasteiger partial charge in [0, 0.05) is 18.4 Å². The van der Waals surface area contributed by atoms with Crippen LogP contribution in [0.3, 0.4) is 0 Å². The predicted molar refractivity (Wildman–Crippen MR) is 62.7 cm³/mol. The molecule has 92 valence electrons. The average molecular weight is 237 g/mol. The van der Waals surface area contributed by atoms with Gasteiger partial charge in [0.05, 0.1) is 5.75 Å². The van der Waals surface area contributed by atoms with Crippen molar-refractivity contribution in [2.24, 2.45) is 0 Å². The van der Waals surface area contributed by atoms with Crippen LogP contribution in [0, 0.1) is 0 Å². The molecule has 0 spiro atoms. The lowest BCUT2D eigenvalue weighted by Crippen LogP contribution is -2.28. The van der Waals surface area contributed by atoms with Gasteiger partial charge in [-0.3, -0.25) is 0 Å². The first kappa shape index (κ1) is 14.9. The van der Waals surface area contributed by atoms with E-state index in [1.54, 1.807) is 6.92 Å². The maximum atomic E-state index is 11.2. The van der Waals surface area contributed by atoms with Crippen LogP contribution in [0.25, 0.3) is 0 Å². The highest BCUT2D eigenvalue weighted by Crippen LogP contribution is 1.96. The lowest BCUT2D eigenvalue weighted by Gasteiger charge is -2.12. The quantitative estimate of drug-likeness (QED) is 0.575. The third-order valence-electron chi connectivity index (χ3n) is 2.36. The molecule has 0 aliphatic rings. The molecule has 0 fully saturated rings. The van der Waals surface area contributed by atoms with Gasteiger partial charge in [0.25, 0.3) is 0 Å². The van der Waals surface area contributed by atoms with Crippen molar-refractivity contribution in [3.63, 3.8) is 0 Å². The summed E-state index contributed by atoms with van der Waals surface area (Å²) < 4.78 is 22.3. The number of aliphatic hydroxyl groups is 1. The van der Waals surface area contributed by atoms with E-state index in [1.807, 2.05) is 6.92 Å². The van der Waals surface area contributed by atoms with Crippen molar-refractivity contribution in [1.82, 2.24) is 5.32 Å². The van der Waals surface area contributed by atoms with E-state index in [9.17, 15) is 8.42 Å². The number of hydrogen-bond acceptors (Lipinski definition) is 4. The van der Waals surface area contributed by atoms with Crippen LogP contribution in [0.15, 0.2) is 0 Å². The van der Waals surface area contributed by atoms with E-state index < -0.39 is 9.84 Å². The van der Waals surface area contributed by atoms with Gasteiger partial charge in [-0.05, 0) is 32.7 Å². The molecular formula is C10H23NO3S. The van der Waals surface area contributed by atoms with Gasteiger partial charge in [-0.25, -0.2) is 8.42 Å². The van der Waals surface area contributed by atoms with Crippen LogP contribution >= 0.6 is 0 Å². The van der Waals surface area contributed by atoms with Gasteiger partial charge in [0.1, 0.15) is 9.84 Å². The summed E-state index contributed by atoms with van der Waals surface area (Å²) in [7, 11) is -2.81. The molecule has 0 aromatic heterocycles. The summed E-state index contributed by atoms with van der Waals surface area (Å²) >= 11 is 0. The molecule has 0 aromatic rings. The fraction of sp³-hybridized carbons (Fsp3) is 1.00. The van der Waals surface area contributed by atoms with Gasteiger partial charge in [0.15, 0.2) is 0 Å². The molecule has 0 rings (SSSR count). The van der Waals surface area contributed by atoms with Crippen LogP contribution in [0.1, 0.15) is 33.1 Å². The molecule has 0 saturated carbocycles. The molecule has 0 aliphatic carbocycles. The summed E-state index contributed by atoms with van der Waals surface area (Å²) in [4.78, 5) is 0. The second-order valence-corrected chi connectivity index (χ2v) is 6.28. The molecule has 5 heteroatoms. The summed E-state index contributed by atoms with van der Waals surface area (Å²) in [6.07, 6.45) is 2.39. The predicted octanol–water partition coefficient (Wildman–Crippen LogP) is 0.562. The van der Waals surface area contributed by atoms with E-state index in [-0.39, 0.29) is 18.1 Å². The first-order valence-electron chi connectivity index (χ1n) is 5.56. The largest absolute Gasteiger partial charge is 0.396 e. The van der Waals surface area contributed by atoms with E-state index in [1.165, 1.54) is 0 Å². The Balaban J connectivity index is 3.46. The first-order valence-corrected chi connectivity index (χ1v) is 7.38. The van der Waals surface area contributed by atoms with E-state index in [0.29, 0.717) is 12.5 Å². The van der Waals surface area contributed by atoms with Crippen molar-refractivity contribution < 1.29 is 13.5 Å². The highest BCUT2D eigenvalue weighted by Gasteiger charge is 2.07. The van der Waals surface area contributed by atoms with Gasteiger partial charge < -0.3 is 10.4 Å². The van der Waals surface area contributed by atoms with E-state index in [2.05, 4.69) is 5.32 Å². The number of sulfone groups is 1. The molecule has 15 heavy (non-hydrogen) atoms. The minimum absolute atomic E-state index is 0.218. The summed E-state index contributed by atoms with van der Waals surface area (Å²) in [6, 6.07) is 0.349. The lowest BCUT2D eigenvalue weighted by atomic mass is 10.2. The lowest BCUT2D eigenvalue weighted by molar-refractivity contribution is 0.276. The maximum Gasteiger partial charge on any atom is 0.150 e. The highest BCUT2D eigenvalue weighted by atomic mass is 32.2. The van der Waals surface area contributed by atoms with E-state index in [0.717, 1.165) is 19.4 Å². The Hall–Kier alpha value is -0.130. The van der Waals surface area contributed by atoms with Crippen LogP contribution in [0.5, 0.6) is 0 Å². The molecule has 0 bridgehead atoms. The van der Waals surface area contributed by atoms with Crippen LogP contribution in [-0.4, -0.2) is 44.2 Å². The smallest absolute Gasteiger partial charge is 0.150 e. The van der Waals surface area contributed by atoms with Crippen molar-refractivity contribution in [2.75, 3.05) is 24.7 Å². The molecule has 0 amide bonds. The molecule has 2 N–H and O–H groups in total. The monoisotopic (exact) mass is 237 g/mol. The Morgan fingerprint density at radius 3 is 2.53 bits per heavy atom. The van der Waals surface area contributed by atoms with Crippen molar-refractivity contribution in [3.05, 3.63) is 0 Å². The second-order valence-electron chi connectivity index (χ2n) is 3.81. The number of rotatable bonds is 9. The van der Waals surface area contributed by atoms with E-state index in [4.69, 9.17) is 5.11 Å². The molecule has 0 aliphatic heterocycles. The van der Waals surface area contributed by atoms with Crippen LogP contribution in [-0.2, 0) is 9.84 Å². The summed E-state index contributed by atoms with van der Waals surface area (Å²) in [5.41, 5.74) is 0. The minimum atomic E-state index is -2.81. The summed E-state index contributed by atoms with van der Waals surface area (Å²) in [5, 5.41) is 11.9. The van der Waals surface area contributed by atoms with Crippen LogP contribution in [0.4, 0.5) is 0 Å². The third-order valence-corrected chi connectivity index (χ3v) is 4.15. The Morgan fingerprint density at radius 2 is 2.00 bits per heavy atom. The van der Waals surface area contributed by atoms with Gasteiger partial charge in [-0.15, -0.1) is 0 Å². The normalized spacial score (nSPS) is 14.1. The van der Waals surface area contributed by atoms with E-state index >= 15 is 0 Å².